The molecular formula is C18H22ClN3O. The lowest BCUT2D eigenvalue weighted by atomic mass is 10.0. The molecule has 0 spiro atoms. The molecule has 3 aromatic rings. The van der Waals surface area contributed by atoms with Crippen molar-refractivity contribution in [2.24, 2.45) is 5.92 Å². The molecular weight excluding hydrogens is 310 g/mol. The van der Waals surface area contributed by atoms with Gasteiger partial charge >= 0.3 is 1.43 Å². The molecule has 1 aromatic carbocycles. The highest BCUT2D eigenvalue weighted by atomic mass is 35.5. The highest BCUT2D eigenvalue weighted by Gasteiger charge is 2.23. The summed E-state index contributed by atoms with van der Waals surface area (Å²) >= 11 is 0. The molecule has 1 unspecified atom stereocenters. The van der Waals surface area contributed by atoms with Crippen molar-refractivity contribution < 1.29 is 18.3 Å². The highest BCUT2D eigenvalue weighted by molar-refractivity contribution is 6.05. The van der Waals surface area contributed by atoms with Crippen molar-refractivity contribution in [3.8, 4) is 0 Å². The molecule has 4 rings (SSSR count). The first-order chi connectivity index (χ1) is 10.8. The van der Waals surface area contributed by atoms with Crippen LogP contribution in [0.25, 0.3) is 22.1 Å². The Morgan fingerprint density at radius 1 is 1.30 bits per heavy atom. The third-order valence-electron chi connectivity index (χ3n) is 4.52. The molecule has 5 heteroatoms. The lowest BCUT2D eigenvalue weighted by Gasteiger charge is -2.31. The third kappa shape index (κ3) is 2.76. The average molecular weight is 332 g/mol. The van der Waals surface area contributed by atoms with Crippen LogP contribution in [-0.2, 0) is 6.42 Å². The standard InChI is InChI=1S/C18H21N3O.ClH/c1-3-15-19-16-13-8-4-5-9-14(13)22-17(16)18(20-15)21-10-6-7-12(2)11-21;/h4-5,8-9,12H,3,6-7,10-11H2,1-2H3;1H. The summed E-state index contributed by atoms with van der Waals surface area (Å²) in [5.41, 5.74) is 2.69. The normalized spacial score (nSPS) is 18.3. The van der Waals surface area contributed by atoms with Crippen LogP contribution in [0.15, 0.2) is 28.7 Å². The van der Waals surface area contributed by atoms with E-state index in [9.17, 15) is 0 Å². The number of para-hydroxylation sites is 1. The molecule has 23 heavy (non-hydrogen) atoms. The molecule has 0 N–H and O–H groups in total. The second kappa shape index (κ2) is 6.36. The van der Waals surface area contributed by atoms with Crippen LogP contribution in [0.5, 0.6) is 0 Å². The Bertz CT molecular complexity index is 836. The van der Waals surface area contributed by atoms with E-state index in [-0.39, 0.29) is 13.8 Å². The maximum atomic E-state index is 6.10. The smallest absolute Gasteiger partial charge is 1.00 e. The van der Waals surface area contributed by atoms with Crippen LogP contribution in [0.2, 0.25) is 0 Å². The first kappa shape index (κ1) is 16.1. The molecule has 3 heterocycles. The summed E-state index contributed by atoms with van der Waals surface area (Å²) in [5, 5.41) is 1.08. The summed E-state index contributed by atoms with van der Waals surface area (Å²) in [6.07, 6.45) is 3.35. The van der Waals surface area contributed by atoms with Crippen LogP contribution >= 0.6 is 0 Å². The van der Waals surface area contributed by atoms with E-state index in [1.807, 2.05) is 18.2 Å². The van der Waals surface area contributed by atoms with Gasteiger partial charge in [0.1, 0.15) is 16.9 Å². The molecule has 1 saturated heterocycles. The molecule has 0 aliphatic carbocycles. The van der Waals surface area contributed by atoms with E-state index in [4.69, 9.17) is 14.4 Å². The number of aryl methyl sites for hydroxylation is 1. The fourth-order valence-corrected chi connectivity index (χ4v) is 3.38. The van der Waals surface area contributed by atoms with E-state index in [1.54, 1.807) is 0 Å². The molecule has 0 amide bonds. The van der Waals surface area contributed by atoms with Gasteiger partial charge in [-0.25, -0.2) is 9.97 Å². The van der Waals surface area contributed by atoms with Crippen LogP contribution in [0.1, 0.15) is 33.9 Å². The predicted octanol–water partition coefficient (Wildman–Crippen LogP) is 1.29. The van der Waals surface area contributed by atoms with Crippen molar-refractivity contribution in [1.82, 2.24) is 9.97 Å². The number of rotatable bonds is 2. The van der Waals surface area contributed by atoms with Crippen molar-refractivity contribution in [3.63, 3.8) is 0 Å². The van der Waals surface area contributed by atoms with E-state index >= 15 is 0 Å². The van der Waals surface area contributed by atoms with Crippen molar-refractivity contribution >= 4 is 27.9 Å². The lowest BCUT2D eigenvalue weighted by Crippen LogP contribution is -3.00. The van der Waals surface area contributed by atoms with Gasteiger partial charge in [-0.15, -0.1) is 0 Å². The summed E-state index contributed by atoms with van der Waals surface area (Å²) < 4.78 is 6.10. The minimum absolute atomic E-state index is 0. The number of aromatic nitrogens is 2. The van der Waals surface area contributed by atoms with Crippen LogP contribution < -0.4 is 17.3 Å². The molecule has 4 nitrogen and oxygen atoms in total. The van der Waals surface area contributed by atoms with Gasteiger partial charge in [-0.1, -0.05) is 26.0 Å². The monoisotopic (exact) mass is 331 g/mol. The Kier molecular flexibility index (Phi) is 4.44. The van der Waals surface area contributed by atoms with Gasteiger partial charge < -0.3 is 21.7 Å². The van der Waals surface area contributed by atoms with E-state index in [0.29, 0.717) is 5.92 Å². The Hall–Kier alpha value is -1.81. The number of furan rings is 1. The first-order valence-corrected chi connectivity index (χ1v) is 8.19. The number of nitrogens with zero attached hydrogens (tertiary/aromatic N) is 3. The third-order valence-corrected chi connectivity index (χ3v) is 4.52. The Balaban J connectivity index is 0.00000104. The minimum atomic E-state index is 0. The van der Waals surface area contributed by atoms with Gasteiger partial charge in [0.2, 0.25) is 0 Å². The summed E-state index contributed by atoms with van der Waals surface area (Å²) in [6.45, 7) is 6.51. The quantitative estimate of drug-likeness (QED) is 0.709. The number of fused-ring (bicyclic) bond motifs is 3. The molecule has 0 bridgehead atoms. The Morgan fingerprint density at radius 2 is 2.13 bits per heavy atom. The van der Waals surface area contributed by atoms with Crippen molar-refractivity contribution in [3.05, 3.63) is 30.1 Å². The second-order valence-electron chi connectivity index (χ2n) is 6.29. The molecule has 122 valence electrons. The fourth-order valence-electron chi connectivity index (χ4n) is 3.38. The maximum Gasteiger partial charge on any atom is 1.00 e. The fraction of sp³-hybridized carbons (Fsp3) is 0.444. The van der Waals surface area contributed by atoms with Crippen molar-refractivity contribution in [2.75, 3.05) is 18.0 Å². The van der Waals surface area contributed by atoms with Gasteiger partial charge in [0.25, 0.3) is 0 Å². The van der Waals surface area contributed by atoms with Gasteiger partial charge in [0.15, 0.2) is 11.4 Å². The van der Waals surface area contributed by atoms with Gasteiger partial charge in [-0.3, -0.25) is 0 Å². The number of piperidine rings is 1. The van der Waals surface area contributed by atoms with E-state index in [0.717, 1.165) is 53.2 Å². The topological polar surface area (TPSA) is 42.2 Å². The SMILES string of the molecule is CCc1nc(N2CCCC(C)C2)c2oc3ccccc3c2n1.[Cl-].[H+]. The molecule has 0 saturated carbocycles. The van der Waals surface area contributed by atoms with Gasteiger partial charge in [0.05, 0.1) is 0 Å². The van der Waals surface area contributed by atoms with Gasteiger partial charge in [0, 0.05) is 24.9 Å². The average Bonchev–Trinajstić information content (AvgIpc) is 2.92. The number of hydrogen-bond donors (Lipinski definition) is 0. The molecule has 1 fully saturated rings. The molecule has 1 atom stereocenters. The number of hydrogen-bond acceptors (Lipinski definition) is 4. The largest absolute Gasteiger partial charge is 1.00 e. The van der Waals surface area contributed by atoms with Crippen LogP contribution in [0.4, 0.5) is 5.82 Å². The van der Waals surface area contributed by atoms with Gasteiger partial charge in [-0.2, -0.15) is 0 Å². The van der Waals surface area contributed by atoms with E-state index < -0.39 is 0 Å². The summed E-state index contributed by atoms with van der Waals surface area (Å²) in [4.78, 5) is 11.9. The van der Waals surface area contributed by atoms with E-state index in [2.05, 4.69) is 24.8 Å². The first-order valence-electron chi connectivity index (χ1n) is 8.19. The highest BCUT2D eigenvalue weighted by Crippen LogP contribution is 2.34. The van der Waals surface area contributed by atoms with E-state index in [1.165, 1.54) is 12.8 Å². The number of benzene rings is 1. The maximum absolute atomic E-state index is 6.10. The van der Waals surface area contributed by atoms with Crippen LogP contribution in [0, 0.1) is 5.92 Å². The molecule has 1 aliphatic heterocycles. The molecule has 0 radical (unpaired) electrons. The molecule has 2 aromatic heterocycles. The van der Waals surface area contributed by atoms with Crippen molar-refractivity contribution in [2.45, 2.75) is 33.1 Å². The molecule has 1 aliphatic rings. The van der Waals surface area contributed by atoms with Gasteiger partial charge in [-0.05, 0) is 30.9 Å². The zero-order chi connectivity index (χ0) is 15.1. The van der Waals surface area contributed by atoms with Crippen molar-refractivity contribution in [1.29, 1.82) is 0 Å². The Labute approximate surface area is 143 Å². The summed E-state index contributed by atoms with van der Waals surface area (Å²) in [5.74, 6) is 2.57. The number of anilines is 1. The number of halogens is 1. The summed E-state index contributed by atoms with van der Waals surface area (Å²) in [7, 11) is 0. The predicted molar refractivity (Wildman–Crippen MR) is 90.4 cm³/mol. The lowest BCUT2D eigenvalue weighted by molar-refractivity contribution is -0.00000516. The van der Waals surface area contributed by atoms with Crippen LogP contribution in [0.3, 0.4) is 0 Å². The second-order valence-corrected chi connectivity index (χ2v) is 6.29. The summed E-state index contributed by atoms with van der Waals surface area (Å²) in [6, 6.07) is 8.12. The zero-order valence-electron chi connectivity index (χ0n) is 14.6. The Morgan fingerprint density at radius 3 is 2.91 bits per heavy atom. The zero-order valence-corrected chi connectivity index (χ0v) is 14.3. The minimum Gasteiger partial charge on any atom is -1.00 e. The van der Waals surface area contributed by atoms with Crippen LogP contribution in [-0.4, -0.2) is 23.1 Å².